The van der Waals surface area contributed by atoms with Crippen LogP contribution in [0, 0.1) is 0 Å². The van der Waals surface area contributed by atoms with Crippen molar-refractivity contribution in [3.05, 3.63) is 0 Å². The van der Waals surface area contributed by atoms with E-state index in [9.17, 15) is 9.59 Å². The number of amides is 2. The Kier molecular flexibility index (Phi) is 5.50. The summed E-state index contributed by atoms with van der Waals surface area (Å²) in [5, 5.41) is 12.0. The van der Waals surface area contributed by atoms with Crippen LogP contribution in [-0.2, 0) is 9.53 Å². The number of nitrogens with zero attached hydrogens (tertiary/aromatic N) is 2. The second-order valence-electron chi connectivity index (χ2n) is 5.09. The van der Waals surface area contributed by atoms with Crippen LogP contribution in [0.3, 0.4) is 0 Å². The van der Waals surface area contributed by atoms with Crippen LogP contribution in [0.5, 0.6) is 0 Å². The minimum absolute atomic E-state index is 0.0133. The van der Waals surface area contributed by atoms with Crippen molar-refractivity contribution in [1.29, 1.82) is 0 Å². The number of nitrogens with one attached hydrogen (secondary N) is 1. The summed E-state index contributed by atoms with van der Waals surface area (Å²) in [6, 6.07) is -1.01. The van der Waals surface area contributed by atoms with Gasteiger partial charge in [0.2, 0.25) is 0 Å². The van der Waals surface area contributed by atoms with Crippen molar-refractivity contribution >= 4 is 23.8 Å². The van der Waals surface area contributed by atoms with E-state index < -0.39 is 12.0 Å². The Morgan fingerprint density at radius 3 is 2.80 bits per heavy atom. The summed E-state index contributed by atoms with van der Waals surface area (Å²) in [6.45, 7) is 5.89. The number of hydrogen-bond acceptors (Lipinski definition) is 5. The number of morpholine rings is 1. The lowest BCUT2D eigenvalue weighted by atomic mass is 10.3. The standard InChI is InChI=1S/C12H21N3O4S/c1-9(6-14-2-4-19-5-3-14)13-12(18)15-8-20-7-10(15)11(16)17/h9-10H,2-8H2,1H3,(H,13,18)(H,16,17). The summed E-state index contributed by atoms with van der Waals surface area (Å²) in [5.41, 5.74) is 0. The van der Waals surface area contributed by atoms with Gasteiger partial charge in [-0.3, -0.25) is 4.90 Å². The van der Waals surface area contributed by atoms with Crippen LogP contribution in [0.2, 0.25) is 0 Å². The number of hydrogen-bond donors (Lipinski definition) is 2. The quantitative estimate of drug-likeness (QED) is 0.753. The average Bonchev–Trinajstić information content (AvgIpc) is 2.89. The van der Waals surface area contributed by atoms with Gasteiger partial charge in [-0.2, -0.15) is 0 Å². The van der Waals surface area contributed by atoms with Gasteiger partial charge >= 0.3 is 12.0 Å². The molecule has 0 aliphatic carbocycles. The van der Waals surface area contributed by atoms with Crippen LogP contribution < -0.4 is 5.32 Å². The van der Waals surface area contributed by atoms with Gasteiger partial charge < -0.3 is 20.1 Å². The van der Waals surface area contributed by atoms with Crippen LogP contribution in [0.4, 0.5) is 4.79 Å². The lowest BCUT2D eigenvalue weighted by molar-refractivity contribution is -0.140. The monoisotopic (exact) mass is 303 g/mol. The van der Waals surface area contributed by atoms with Gasteiger partial charge in [0.15, 0.2) is 0 Å². The minimum atomic E-state index is -0.939. The highest BCUT2D eigenvalue weighted by Crippen LogP contribution is 2.21. The summed E-state index contributed by atoms with van der Waals surface area (Å²) < 4.78 is 5.28. The Morgan fingerprint density at radius 1 is 1.45 bits per heavy atom. The molecule has 0 spiro atoms. The first kappa shape index (κ1) is 15.4. The van der Waals surface area contributed by atoms with E-state index in [1.807, 2.05) is 6.92 Å². The molecule has 2 unspecified atom stereocenters. The second kappa shape index (κ2) is 7.14. The number of aliphatic carboxylic acids is 1. The summed E-state index contributed by atoms with van der Waals surface area (Å²) in [4.78, 5) is 26.8. The maximum atomic E-state index is 12.1. The largest absolute Gasteiger partial charge is 0.480 e. The van der Waals surface area contributed by atoms with Gasteiger partial charge in [0.05, 0.1) is 19.1 Å². The maximum absolute atomic E-state index is 12.1. The number of ether oxygens (including phenoxy) is 1. The van der Waals surface area contributed by atoms with Gasteiger partial charge in [-0.1, -0.05) is 0 Å². The van der Waals surface area contributed by atoms with Gasteiger partial charge in [-0.25, -0.2) is 9.59 Å². The van der Waals surface area contributed by atoms with Crippen molar-refractivity contribution in [3.8, 4) is 0 Å². The van der Waals surface area contributed by atoms with E-state index in [0.717, 1.165) is 32.8 Å². The lowest BCUT2D eigenvalue weighted by Gasteiger charge is -2.30. The number of rotatable bonds is 4. The molecular formula is C12H21N3O4S. The number of carboxylic acid groups (broad SMARTS) is 1. The zero-order chi connectivity index (χ0) is 14.5. The van der Waals surface area contributed by atoms with Gasteiger partial charge in [-0.05, 0) is 6.92 Å². The van der Waals surface area contributed by atoms with Gasteiger partial charge in [0.25, 0.3) is 0 Å². The average molecular weight is 303 g/mol. The molecule has 2 saturated heterocycles. The third-order valence-corrected chi connectivity index (χ3v) is 4.45. The third-order valence-electron chi connectivity index (χ3n) is 3.43. The first-order valence-corrected chi connectivity index (χ1v) is 7.91. The Labute approximate surface area is 122 Å². The van der Waals surface area contributed by atoms with Crippen molar-refractivity contribution in [1.82, 2.24) is 15.1 Å². The normalized spacial score (nSPS) is 25.4. The number of thioether (sulfide) groups is 1. The molecule has 2 atom stereocenters. The fraction of sp³-hybridized carbons (Fsp3) is 0.833. The van der Waals surface area contributed by atoms with Gasteiger partial charge in [0.1, 0.15) is 6.04 Å². The zero-order valence-corrected chi connectivity index (χ0v) is 12.4. The van der Waals surface area contributed by atoms with Crippen molar-refractivity contribution in [3.63, 3.8) is 0 Å². The third kappa shape index (κ3) is 4.00. The molecule has 0 aromatic heterocycles. The van der Waals surface area contributed by atoms with E-state index in [2.05, 4.69) is 10.2 Å². The van der Waals surface area contributed by atoms with Crippen molar-refractivity contribution in [2.75, 3.05) is 44.5 Å². The maximum Gasteiger partial charge on any atom is 0.327 e. The summed E-state index contributed by atoms with van der Waals surface area (Å²) >= 11 is 1.47. The van der Waals surface area contributed by atoms with E-state index >= 15 is 0 Å². The molecule has 2 heterocycles. The molecule has 0 aromatic carbocycles. The predicted molar refractivity (Wildman–Crippen MR) is 75.8 cm³/mol. The van der Waals surface area contributed by atoms with Crippen molar-refractivity contribution in [2.45, 2.75) is 19.0 Å². The van der Waals surface area contributed by atoms with Crippen LogP contribution in [-0.4, -0.2) is 83.5 Å². The molecule has 2 aliphatic rings. The smallest absolute Gasteiger partial charge is 0.327 e. The molecule has 0 saturated carbocycles. The first-order chi connectivity index (χ1) is 9.58. The highest BCUT2D eigenvalue weighted by molar-refractivity contribution is 7.99. The van der Waals surface area contributed by atoms with E-state index in [0.29, 0.717) is 11.6 Å². The molecule has 2 N–H and O–H groups in total. The molecule has 2 amide bonds. The molecule has 20 heavy (non-hydrogen) atoms. The minimum Gasteiger partial charge on any atom is -0.480 e. The molecule has 2 aliphatic heterocycles. The number of carbonyl (C=O) groups is 2. The molecular weight excluding hydrogens is 282 g/mol. The van der Waals surface area contributed by atoms with Gasteiger partial charge in [0, 0.05) is 31.4 Å². The molecule has 7 nitrogen and oxygen atoms in total. The molecule has 114 valence electrons. The zero-order valence-electron chi connectivity index (χ0n) is 11.6. The molecule has 0 aromatic rings. The van der Waals surface area contributed by atoms with Crippen molar-refractivity contribution < 1.29 is 19.4 Å². The Hall–Kier alpha value is -0.990. The van der Waals surface area contributed by atoms with Gasteiger partial charge in [-0.15, -0.1) is 11.8 Å². The Bertz CT molecular complexity index is 363. The number of carbonyl (C=O) groups excluding carboxylic acids is 1. The van der Waals surface area contributed by atoms with Crippen LogP contribution in [0.15, 0.2) is 0 Å². The summed E-state index contributed by atoms with van der Waals surface area (Å²) in [6.07, 6.45) is 0. The topological polar surface area (TPSA) is 82.1 Å². The highest BCUT2D eigenvalue weighted by atomic mass is 32.2. The SMILES string of the molecule is CC(CN1CCOCC1)NC(=O)N1CSCC1C(=O)O. The van der Waals surface area contributed by atoms with E-state index in [1.54, 1.807) is 0 Å². The molecule has 0 bridgehead atoms. The molecule has 2 rings (SSSR count). The van der Waals surface area contributed by atoms with E-state index in [1.165, 1.54) is 16.7 Å². The predicted octanol–water partition coefficient (Wildman–Crippen LogP) is -0.124. The van der Waals surface area contributed by atoms with E-state index in [4.69, 9.17) is 9.84 Å². The Morgan fingerprint density at radius 2 is 2.15 bits per heavy atom. The summed E-state index contributed by atoms with van der Waals surface area (Å²) in [7, 11) is 0. The first-order valence-electron chi connectivity index (χ1n) is 6.75. The van der Waals surface area contributed by atoms with Crippen molar-refractivity contribution in [2.24, 2.45) is 0 Å². The summed E-state index contributed by atoms with van der Waals surface area (Å²) in [5.74, 6) is -0.0424. The lowest BCUT2D eigenvalue weighted by Crippen LogP contribution is -2.52. The van der Waals surface area contributed by atoms with Crippen LogP contribution >= 0.6 is 11.8 Å². The molecule has 0 radical (unpaired) electrons. The van der Waals surface area contributed by atoms with Crippen LogP contribution in [0.25, 0.3) is 0 Å². The number of urea groups is 1. The highest BCUT2D eigenvalue weighted by Gasteiger charge is 2.35. The number of carboxylic acids is 1. The molecule has 2 fully saturated rings. The second-order valence-corrected chi connectivity index (χ2v) is 6.09. The fourth-order valence-corrected chi connectivity index (χ4v) is 3.50. The van der Waals surface area contributed by atoms with Crippen LogP contribution in [0.1, 0.15) is 6.92 Å². The molecule has 8 heteroatoms. The Balaban J connectivity index is 1.79. The fourth-order valence-electron chi connectivity index (χ4n) is 2.36. The van der Waals surface area contributed by atoms with E-state index in [-0.39, 0.29) is 12.1 Å².